The molecule has 0 radical (unpaired) electrons. The molecule has 2 heterocycles. The van der Waals surface area contributed by atoms with E-state index in [-0.39, 0.29) is 18.0 Å². The number of aromatic nitrogens is 3. The minimum atomic E-state index is -0.151. The molecule has 0 fully saturated rings. The summed E-state index contributed by atoms with van der Waals surface area (Å²) < 4.78 is 0. The number of hydrogen-bond acceptors (Lipinski definition) is 3. The third kappa shape index (κ3) is 2.17. The minimum Gasteiger partial charge on any atom is -0.313 e. The first kappa shape index (κ1) is 10.4. The van der Waals surface area contributed by atoms with E-state index in [0.717, 1.165) is 5.56 Å². The molecule has 5 heteroatoms. The number of aromatic amines is 1. The lowest BCUT2D eigenvalue weighted by Crippen LogP contribution is -2.04. The van der Waals surface area contributed by atoms with Gasteiger partial charge in [-0.2, -0.15) is 0 Å². The van der Waals surface area contributed by atoms with Crippen molar-refractivity contribution in [3.63, 3.8) is 0 Å². The number of nitrogens with zero attached hydrogens (tertiary/aromatic N) is 2. The summed E-state index contributed by atoms with van der Waals surface area (Å²) in [6, 6.07) is 5.07. The molecule has 1 N–H and O–H groups in total. The van der Waals surface area contributed by atoms with Crippen molar-refractivity contribution in [1.82, 2.24) is 15.0 Å². The molecule has 0 aliphatic rings. The van der Waals surface area contributed by atoms with E-state index in [1.165, 1.54) is 12.4 Å². The van der Waals surface area contributed by atoms with Gasteiger partial charge >= 0.3 is 0 Å². The quantitative estimate of drug-likeness (QED) is 0.769. The molecule has 0 saturated carbocycles. The minimum absolute atomic E-state index is 0. The molecule has 0 aliphatic carbocycles. The van der Waals surface area contributed by atoms with Crippen LogP contribution in [0.1, 0.15) is 0 Å². The smallest absolute Gasteiger partial charge is 0.251 e. The number of pyridine rings is 1. The molecule has 14 heavy (non-hydrogen) atoms. The summed E-state index contributed by atoms with van der Waals surface area (Å²) in [5.74, 6) is 0. The number of nitrogens with one attached hydrogen (secondary N) is 1. The highest BCUT2D eigenvalue weighted by atomic mass is 35.5. The number of rotatable bonds is 1. The van der Waals surface area contributed by atoms with Gasteiger partial charge in [-0.1, -0.05) is 0 Å². The fraction of sp³-hybridized carbons (Fsp3) is 0. The second-order valence-electron chi connectivity index (χ2n) is 2.53. The summed E-state index contributed by atoms with van der Waals surface area (Å²) in [5.41, 5.74) is 1.40. The van der Waals surface area contributed by atoms with Gasteiger partial charge in [0.05, 0.1) is 12.0 Å². The van der Waals surface area contributed by atoms with Crippen molar-refractivity contribution in [3.05, 3.63) is 47.3 Å². The largest absolute Gasteiger partial charge is 0.313 e. The zero-order valence-electron chi connectivity index (χ0n) is 7.18. The molecule has 2 aromatic rings. The van der Waals surface area contributed by atoms with E-state index in [0.29, 0.717) is 5.69 Å². The molecule has 4 nitrogen and oxygen atoms in total. The van der Waals surface area contributed by atoms with Crippen molar-refractivity contribution in [2.24, 2.45) is 0 Å². The molecular weight excluding hydrogens is 202 g/mol. The van der Waals surface area contributed by atoms with Gasteiger partial charge in [-0.05, 0) is 12.1 Å². The van der Waals surface area contributed by atoms with Crippen LogP contribution >= 0.6 is 12.4 Å². The summed E-state index contributed by atoms with van der Waals surface area (Å²) in [4.78, 5) is 21.3. The van der Waals surface area contributed by atoms with Gasteiger partial charge < -0.3 is 4.98 Å². The van der Waals surface area contributed by atoms with Crippen LogP contribution in [0.25, 0.3) is 11.3 Å². The SMILES string of the molecule is Cl.O=c1cc(-c2ccncc2)nc[nH]1. The highest BCUT2D eigenvalue weighted by Gasteiger charge is 1.97. The normalized spacial score (nSPS) is 9.14. The molecule has 72 valence electrons. The van der Waals surface area contributed by atoms with E-state index in [2.05, 4.69) is 15.0 Å². The topological polar surface area (TPSA) is 58.6 Å². The number of H-pyrrole nitrogens is 1. The van der Waals surface area contributed by atoms with Gasteiger partial charge in [0, 0.05) is 24.0 Å². The summed E-state index contributed by atoms with van der Waals surface area (Å²) in [6.45, 7) is 0. The molecule has 0 spiro atoms. The van der Waals surface area contributed by atoms with Crippen molar-refractivity contribution in [2.45, 2.75) is 0 Å². The summed E-state index contributed by atoms with van der Waals surface area (Å²) in [5, 5.41) is 0. The van der Waals surface area contributed by atoms with Crippen molar-refractivity contribution >= 4 is 12.4 Å². The van der Waals surface area contributed by atoms with Crippen LogP contribution in [0.15, 0.2) is 41.7 Å². The fourth-order valence-electron chi connectivity index (χ4n) is 1.05. The highest BCUT2D eigenvalue weighted by Crippen LogP contribution is 2.11. The van der Waals surface area contributed by atoms with Crippen molar-refractivity contribution < 1.29 is 0 Å². The van der Waals surface area contributed by atoms with Gasteiger partial charge in [0.2, 0.25) is 0 Å². The van der Waals surface area contributed by atoms with Gasteiger partial charge in [-0.15, -0.1) is 12.4 Å². The first-order chi connectivity index (χ1) is 6.36. The molecule has 0 unspecified atom stereocenters. The third-order valence-corrected chi connectivity index (χ3v) is 1.65. The fourth-order valence-corrected chi connectivity index (χ4v) is 1.05. The van der Waals surface area contributed by atoms with E-state index >= 15 is 0 Å². The van der Waals surface area contributed by atoms with Crippen LogP contribution < -0.4 is 5.56 Å². The Labute approximate surface area is 86.5 Å². The zero-order valence-corrected chi connectivity index (χ0v) is 7.99. The van der Waals surface area contributed by atoms with E-state index in [1.54, 1.807) is 12.4 Å². The molecule has 0 aliphatic heterocycles. The molecular formula is C9H8ClN3O. The highest BCUT2D eigenvalue weighted by molar-refractivity contribution is 5.85. The maximum absolute atomic E-state index is 11.0. The molecule has 0 bridgehead atoms. The second-order valence-corrected chi connectivity index (χ2v) is 2.53. The monoisotopic (exact) mass is 209 g/mol. The standard InChI is InChI=1S/C9H7N3O.ClH/c13-9-5-8(11-6-12-9)7-1-3-10-4-2-7;/h1-6H,(H,11,12,13);1H. The Morgan fingerprint density at radius 2 is 1.93 bits per heavy atom. The lowest BCUT2D eigenvalue weighted by atomic mass is 10.2. The number of hydrogen-bond donors (Lipinski definition) is 1. The van der Waals surface area contributed by atoms with Crippen molar-refractivity contribution in [3.8, 4) is 11.3 Å². The third-order valence-electron chi connectivity index (χ3n) is 1.65. The predicted octanol–water partition coefficient (Wildman–Crippen LogP) is 1.25. The number of halogens is 1. The molecule has 2 aromatic heterocycles. The van der Waals surface area contributed by atoms with Gasteiger partial charge in [-0.25, -0.2) is 4.98 Å². The zero-order chi connectivity index (χ0) is 9.10. The Bertz CT molecular complexity index is 455. The second kappa shape index (κ2) is 4.53. The van der Waals surface area contributed by atoms with Crippen LogP contribution in [0.5, 0.6) is 0 Å². The van der Waals surface area contributed by atoms with E-state index < -0.39 is 0 Å². The van der Waals surface area contributed by atoms with E-state index in [4.69, 9.17) is 0 Å². The maximum atomic E-state index is 11.0. The van der Waals surface area contributed by atoms with Gasteiger partial charge in [0.1, 0.15) is 0 Å². The summed E-state index contributed by atoms with van der Waals surface area (Å²) in [7, 11) is 0. The lowest BCUT2D eigenvalue weighted by Gasteiger charge is -1.96. The van der Waals surface area contributed by atoms with E-state index in [1.807, 2.05) is 12.1 Å². The van der Waals surface area contributed by atoms with Crippen LogP contribution in [-0.4, -0.2) is 15.0 Å². The molecule has 0 atom stereocenters. The average molecular weight is 210 g/mol. The lowest BCUT2D eigenvalue weighted by molar-refractivity contribution is 1.12. The first-order valence-electron chi connectivity index (χ1n) is 3.81. The first-order valence-corrected chi connectivity index (χ1v) is 3.81. The Kier molecular flexibility index (Phi) is 3.36. The molecule has 0 aromatic carbocycles. The summed E-state index contributed by atoms with van der Waals surface area (Å²) >= 11 is 0. The van der Waals surface area contributed by atoms with Crippen LogP contribution in [0.2, 0.25) is 0 Å². The van der Waals surface area contributed by atoms with E-state index in [9.17, 15) is 4.79 Å². The van der Waals surface area contributed by atoms with Crippen LogP contribution in [0.3, 0.4) is 0 Å². The Balaban J connectivity index is 0.000000980. The van der Waals surface area contributed by atoms with Gasteiger partial charge in [0.25, 0.3) is 5.56 Å². The maximum Gasteiger partial charge on any atom is 0.251 e. The molecule has 0 saturated heterocycles. The average Bonchev–Trinajstić information content (AvgIpc) is 2.19. The van der Waals surface area contributed by atoms with Gasteiger partial charge in [0.15, 0.2) is 0 Å². The van der Waals surface area contributed by atoms with Crippen LogP contribution in [0.4, 0.5) is 0 Å². The Morgan fingerprint density at radius 3 is 2.57 bits per heavy atom. The summed E-state index contributed by atoms with van der Waals surface area (Å²) in [6.07, 6.45) is 4.72. The van der Waals surface area contributed by atoms with Crippen LogP contribution in [0, 0.1) is 0 Å². The predicted molar refractivity (Wildman–Crippen MR) is 55.3 cm³/mol. The molecule has 2 rings (SSSR count). The van der Waals surface area contributed by atoms with Crippen LogP contribution in [-0.2, 0) is 0 Å². The van der Waals surface area contributed by atoms with Crippen molar-refractivity contribution in [2.75, 3.05) is 0 Å². The van der Waals surface area contributed by atoms with Gasteiger partial charge in [-0.3, -0.25) is 9.78 Å². The molecule has 0 amide bonds. The Hall–Kier alpha value is -1.68. The van der Waals surface area contributed by atoms with Crippen molar-refractivity contribution in [1.29, 1.82) is 0 Å². The Morgan fingerprint density at radius 1 is 1.21 bits per heavy atom.